The van der Waals surface area contributed by atoms with Gasteiger partial charge >= 0.3 is 6.09 Å². The predicted octanol–water partition coefficient (Wildman–Crippen LogP) is 1.21. The Morgan fingerprint density at radius 3 is 2.48 bits per heavy atom. The number of nitrogens with one attached hydrogen (secondary N) is 2. The van der Waals surface area contributed by atoms with Gasteiger partial charge in [0.1, 0.15) is 5.60 Å². The first-order valence-electron chi connectivity index (χ1n) is 6.93. The van der Waals surface area contributed by atoms with Crippen LogP contribution in [-0.2, 0) is 19.1 Å². The van der Waals surface area contributed by atoms with Gasteiger partial charge in [-0.25, -0.2) is 4.79 Å². The second-order valence-corrected chi connectivity index (χ2v) is 5.89. The molecule has 0 radical (unpaired) electrons. The van der Waals surface area contributed by atoms with Crippen LogP contribution in [0.4, 0.5) is 4.79 Å². The van der Waals surface area contributed by atoms with E-state index in [0.717, 1.165) is 13.0 Å². The highest BCUT2D eigenvalue weighted by Crippen LogP contribution is 2.16. The zero-order valence-electron chi connectivity index (χ0n) is 13.4. The number of rotatable bonds is 4. The van der Waals surface area contributed by atoms with Crippen molar-refractivity contribution in [3.8, 4) is 0 Å². The zero-order chi connectivity index (χ0) is 16.5. The summed E-state index contributed by atoms with van der Waals surface area (Å²) in [4.78, 5) is 31.8. The fourth-order valence-electron chi connectivity index (χ4n) is 1.86. The van der Waals surface area contributed by atoms with E-state index in [-0.39, 0.29) is 17.9 Å². The fraction of sp³-hybridized carbons (Fsp3) is 0.786. The summed E-state index contributed by atoms with van der Waals surface area (Å²) in [5, 5.41) is 5.53. The quantitative estimate of drug-likeness (QED) is 0.761. The molecule has 0 aromatic carbocycles. The van der Waals surface area contributed by atoms with E-state index in [1.807, 2.05) is 27.7 Å². The standard InChI is InChI=1S/C12H22N2O3.C2H4O2/c1-8(7-9-5-6-13-10(9)15)14-11(16)17-12(2,3)4;1-4-2-3/h8-9H,5-7H2,1-4H3,(H,13,15)(H,14,16);2H,1H3. The third kappa shape index (κ3) is 9.70. The van der Waals surface area contributed by atoms with Gasteiger partial charge in [0.15, 0.2) is 0 Å². The first kappa shape index (κ1) is 19.2. The monoisotopic (exact) mass is 302 g/mol. The van der Waals surface area contributed by atoms with Crippen LogP contribution in [0.5, 0.6) is 0 Å². The van der Waals surface area contributed by atoms with E-state index in [9.17, 15) is 9.59 Å². The molecule has 0 spiro atoms. The second-order valence-electron chi connectivity index (χ2n) is 5.89. The van der Waals surface area contributed by atoms with E-state index in [1.54, 1.807) is 0 Å². The minimum Gasteiger partial charge on any atom is -0.471 e. The molecule has 7 nitrogen and oxygen atoms in total. The minimum atomic E-state index is -0.492. The van der Waals surface area contributed by atoms with Crippen molar-refractivity contribution in [1.82, 2.24) is 10.6 Å². The molecule has 0 aliphatic carbocycles. The zero-order valence-corrected chi connectivity index (χ0v) is 13.4. The molecular formula is C14H26N2O5. The van der Waals surface area contributed by atoms with Crippen LogP contribution in [0.3, 0.4) is 0 Å². The highest BCUT2D eigenvalue weighted by molar-refractivity contribution is 5.80. The van der Waals surface area contributed by atoms with Crippen molar-refractivity contribution < 1.29 is 23.9 Å². The molecule has 0 bridgehead atoms. The molecule has 1 rings (SSSR count). The topological polar surface area (TPSA) is 93.7 Å². The smallest absolute Gasteiger partial charge is 0.407 e. The summed E-state index contributed by atoms with van der Waals surface area (Å²) in [5.41, 5.74) is -0.492. The third-order valence-electron chi connectivity index (χ3n) is 2.66. The Morgan fingerprint density at radius 1 is 1.52 bits per heavy atom. The van der Waals surface area contributed by atoms with Gasteiger partial charge in [0, 0.05) is 18.5 Å². The molecule has 0 aromatic heterocycles. The molecule has 1 saturated heterocycles. The second kappa shape index (κ2) is 9.20. The minimum absolute atomic E-state index is 0.0138. The van der Waals surface area contributed by atoms with E-state index in [1.165, 1.54) is 7.11 Å². The number of hydrogen-bond acceptors (Lipinski definition) is 5. The van der Waals surface area contributed by atoms with Crippen LogP contribution in [-0.4, -0.2) is 43.8 Å². The summed E-state index contributed by atoms with van der Waals surface area (Å²) in [5.74, 6) is 0.0998. The average molecular weight is 302 g/mol. The lowest BCUT2D eigenvalue weighted by Crippen LogP contribution is -2.39. The van der Waals surface area contributed by atoms with Gasteiger partial charge < -0.3 is 20.1 Å². The van der Waals surface area contributed by atoms with E-state index >= 15 is 0 Å². The molecule has 0 saturated carbocycles. The van der Waals surface area contributed by atoms with Crippen LogP contribution in [0.2, 0.25) is 0 Å². The summed E-state index contributed by atoms with van der Waals surface area (Å²) < 4.78 is 9.01. The van der Waals surface area contributed by atoms with E-state index in [2.05, 4.69) is 15.4 Å². The van der Waals surface area contributed by atoms with E-state index in [0.29, 0.717) is 12.9 Å². The summed E-state index contributed by atoms with van der Waals surface area (Å²) in [6.45, 7) is 8.46. The predicted molar refractivity (Wildman–Crippen MR) is 77.6 cm³/mol. The van der Waals surface area contributed by atoms with Crippen molar-refractivity contribution in [3.63, 3.8) is 0 Å². The molecule has 21 heavy (non-hydrogen) atoms. The normalized spacial score (nSPS) is 18.7. The van der Waals surface area contributed by atoms with Gasteiger partial charge in [-0.1, -0.05) is 0 Å². The van der Waals surface area contributed by atoms with Crippen molar-refractivity contribution in [2.24, 2.45) is 5.92 Å². The lowest BCUT2D eigenvalue weighted by Gasteiger charge is -2.22. The number of amides is 2. The van der Waals surface area contributed by atoms with Gasteiger partial charge in [0.05, 0.1) is 7.11 Å². The van der Waals surface area contributed by atoms with Gasteiger partial charge in [0.25, 0.3) is 6.47 Å². The van der Waals surface area contributed by atoms with Crippen LogP contribution < -0.4 is 10.6 Å². The van der Waals surface area contributed by atoms with Crippen molar-refractivity contribution in [2.75, 3.05) is 13.7 Å². The Balaban J connectivity index is 0.000000885. The SMILES string of the molecule is CC(CC1CCNC1=O)NC(=O)OC(C)(C)C.COC=O. The molecule has 2 amide bonds. The lowest BCUT2D eigenvalue weighted by atomic mass is 9.99. The van der Waals surface area contributed by atoms with Crippen molar-refractivity contribution in [2.45, 2.75) is 52.2 Å². The number of methoxy groups -OCH3 is 1. The van der Waals surface area contributed by atoms with Crippen molar-refractivity contribution in [3.05, 3.63) is 0 Å². The maximum atomic E-state index is 11.5. The van der Waals surface area contributed by atoms with E-state index < -0.39 is 11.7 Å². The summed E-state index contributed by atoms with van der Waals surface area (Å²) in [6.07, 6.45) is 1.08. The number of carbonyl (C=O) groups is 3. The van der Waals surface area contributed by atoms with Gasteiger partial charge in [-0.2, -0.15) is 0 Å². The summed E-state index contributed by atoms with van der Waals surface area (Å²) in [6, 6.07) is -0.0568. The van der Waals surface area contributed by atoms with Crippen LogP contribution in [0, 0.1) is 5.92 Å². The Kier molecular flexibility index (Phi) is 8.42. The van der Waals surface area contributed by atoms with Crippen LogP contribution in [0.15, 0.2) is 0 Å². The Labute approximate surface area is 125 Å². The Hall–Kier alpha value is -1.79. The molecule has 1 heterocycles. The largest absolute Gasteiger partial charge is 0.471 e. The Bertz CT molecular complexity index is 352. The van der Waals surface area contributed by atoms with Gasteiger partial charge in [-0.3, -0.25) is 9.59 Å². The number of alkyl carbamates (subject to hydrolysis) is 1. The molecule has 2 N–H and O–H groups in total. The molecule has 7 heteroatoms. The molecule has 2 atom stereocenters. The van der Waals surface area contributed by atoms with Crippen molar-refractivity contribution >= 4 is 18.5 Å². The van der Waals surface area contributed by atoms with Gasteiger partial charge in [0.2, 0.25) is 5.91 Å². The maximum Gasteiger partial charge on any atom is 0.407 e. The number of hydrogen-bond donors (Lipinski definition) is 2. The average Bonchev–Trinajstić information content (AvgIpc) is 2.72. The molecule has 2 unspecified atom stereocenters. The number of ether oxygens (including phenoxy) is 2. The first-order chi connectivity index (χ1) is 9.69. The van der Waals surface area contributed by atoms with Crippen LogP contribution in [0.1, 0.15) is 40.5 Å². The molecule has 1 aliphatic rings. The summed E-state index contributed by atoms with van der Waals surface area (Å²) >= 11 is 0. The van der Waals surface area contributed by atoms with Gasteiger partial charge in [-0.05, 0) is 40.5 Å². The Morgan fingerprint density at radius 2 is 2.10 bits per heavy atom. The third-order valence-corrected chi connectivity index (χ3v) is 2.66. The summed E-state index contributed by atoms with van der Waals surface area (Å²) in [7, 11) is 1.31. The highest BCUT2D eigenvalue weighted by atomic mass is 16.6. The van der Waals surface area contributed by atoms with Crippen LogP contribution >= 0.6 is 0 Å². The molecule has 1 aliphatic heterocycles. The van der Waals surface area contributed by atoms with E-state index in [4.69, 9.17) is 9.53 Å². The lowest BCUT2D eigenvalue weighted by molar-refractivity contribution is -0.126. The highest BCUT2D eigenvalue weighted by Gasteiger charge is 2.27. The fourth-order valence-corrected chi connectivity index (χ4v) is 1.86. The first-order valence-corrected chi connectivity index (χ1v) is 6.93. The maximum absolute atomic E-state index is 11.5. The van der Waals surface area contributed by atoms with Crippen molar-refractivity contribution in [1.29, 1.82) is 0 Å². The molecule has 1 fully saturated rings. The molecule has 0 aromatic rings. The number of carbonyl (C=O) groups excluding carboxylic acids is 3. The van der Waals surface area contributed by atoms with Crippen LogP contribution in [0.25, 0.3) is 0 Å². The van der Waals surface area contributed by atoms with Gasteiger partial charge in [-0.15, -0.1) is 0 Å². The molecular weight excluding hydrogens is 276 g/mol. The molecule has 122 valence electrons.